The molecule has 31 heavy (non-hydrogen) atoms. The van der Waals surface area contributed by atoms with E-state index >= 15 is 0 Å². The van der Waals surface area contributed by atoms with Crippen molar-refractivity contribution in [2.75, 3.05) is 25.0 Å². The summed E-state index contributed by atoms with van der Waals surface area (Å²) in [6, 6.07) is 13.5. The van der Waals surface area contributed by atoms with Crippen LogP contribution >= 0.6 is 11.6 Å². The predicted octanol–water partition coefficient (Wildman–Crippen LogP) is 4.47. The molecule has 0 aromatic heterocycles. The number of benzene rings is 2. The monoisotopic (exact) mass is 444 g/mol. The molecule has 1 unspecified atom stereocenters. The molecule has 2 aromatic rings. The van der Waals surface area contributed by atoms with Gasteiger partial charge in [-0.05, 0) is 42.7 Å². The summed E-state index contributed by atoms with van der Waals surface area (Å²) in [6.07, 6.45) is 5.28. The summed E-state index contributed by atoms with van der Waals surface area (Å²) < 4.78 is 10.6. The highest BCUT2D eigenvalue weighted by molar-refractivity contribution is 6.29. The third-order valence-electron chi connectivity index (χ3n) is 5.60. The Balaban J connectivity index is 2.03. The van der Waals surface area contributed by atoms with Crippen LogP contribution in [-0.4, -0.2) is 38.0 Å². The summed E-state index contributed by atoms with van der Waals surface area (Å²) >= 11 is 5.97. The number of nitrogens with one attached hydrogen (secondary N) is 1. The van der Waals surface area contributed by atoms with Crippen molar-refractivity contribution in [2.24, 2.45) is 0 Å². The Hall–Kier alpha value is -2.73. The SMILES string of the molecule is COc1ccc(C(C(=O)NC2CCCCC2)N(C(=O)CCl)c2cccc(OC)c2)cc1. The fourth-order valence-corrected chi connectivity index (χ4v) is 4.12. The zero-order valence-corrected chi connectivity index (χ0v) is 18.7. The molecule has 0 spiro atoms. The number of anilines is 1. The van der Waals surface area contributed by atoms with Crippen molar-refractivity contribution >= 4 is 29.1 Å². The van der Waals surface area contributed by atoms with Gasteiger partial charge < -0.3 is 14.8 Å². The number of hydrogen-bond acceptors (Lipinski definition) is 4. The maximum atomic E-state index is 13.5. The summed E-state index contributed by atoms with van der Waals surface area (Å²) in [5.41, 5.74) is 1.22. The molecular formula is C24H29ClN2O4. The summed E-state index contributed by atoms with van der Waals surface area (Å²) in [6.45, 7) is 0. The normalized spacial score (nSPS) is 15.1. The van der Waals surface area contributed by atoms with E-state index in [9.17, 15) is 9.59 Å². The highest BCUT2D eigenvalue weighted by Gasteiger charge is 2.34. The quantitative estimate of drug-likeness (QED) is 0.610. The zero-order chi connectivity index (χ0) is 22.2. The van der Waals surface area contributed by atoms with Crippen LogP contribution in [0.5, 0.6) is 11.5 Å². The van der Waals surface area contributed by atoms with Crippen LogP contribution in [0.1, 0.15) is 43.7 Å². The second kappa shape index (κ2) is 11.0. The van der Waals surface area contributed by atoms with Gasteiger partial charge in [0.15, 0.2) is 0 Å². The van der Waals surface area contributed by atoms with Gasteiger partial charge in [0.25, 0.3) is 0 Å². The highest BCUT2D eigenvalue weighted by Crippen LogP contribution is 2.32. The minimum atomic E-state index is -0.869. The summed E-state index contributed by atoms with van der Waals surface area (Å²) in [7, 11) is 3.14. The van der Waals surface area contributed by atoms with Crippen molar-refractivity contribution in [1.82, 2.24) is 5.32 Å². The molecule has 0 radical (unpaired) electrons. The molecular weight excluding hydrogens is 416 g/mol. The fourth-order valence-electron chi connectivity index (χ4n) is 3.99. The molecule has 2 aromatic carbocycles. The van der Waals surface area contributed by atoms with Crippen molar-refractivity contribution in [1.29, 1.82) is 0 Å². The van der Waals surface area contributed by atoms with Gasteiger partial charge >= 0.3 is 0 Å². The van der Waals surface area contributed by atoms with Gasteiger partial charge in [-0.1, -0.05) is 37.5 Å². The third-order valence-corrected chi connectivity index (χ3v) is 5.83. The Morgan fingerprint density at radius 1 is 1.03 bits per heavy atom. The molecule has 1 saturated carbocycles. The fraction of sp³-hybridized carbons (Fsp3) is 0.417. The van der Waals surface area contributed by atoms with Gasteiger partial charge in [0, 0.05) is 17.8 Å². The lowest BCUT2D eigenvalue weighted by Crippen LogP contribution is -2.47. The summed E-state index contributed by atoms with van der Waals surface area (Å²) in [4.78, 5) is 28.0. The molecule has 6 nitrogen and oxygen atoms in total. The highest BCUT2D eigenvalue weighted by atomic mass is 35.5. The van der Waals surface area contributed by atoms with Gasteiger partial charge in [-0.3, -0.25) is 14.5 Å². The van der Waals surface area contributed by atoms with Gasteiger partial charge in [0.1, 0.15) is 23.4 Å². The van der Waals surface area contributed by atoms with Crippen LogP contribution in [0.25, 0.3) is 0 Å². The average Bonchev–Trinajstić information content (AvgIpc) is 2.82. The number of nitrogens with zero attached hydrogens (tertiary/aromatic N) is 1. The first-order chi connectivity index (χ1) is 15.1. The van der Waals surface area contributed by atoms with Gasteiger partial charge in [0.2, 0.25) is 11.8 Å². The molecule has 3 rings (SSSR count). The van der Waals surface area contributed by atoms with Crippen LogP contribution < -0.4 is 19.7 Å². The van der Waals surface area contributed by atoms with E-state index in [4.69, 9.17) is 21.1 Å². The van der Waals surface area contributed by atoms with Crippen LogP contribution in [0.2, 0.25) is 0 Å². The zero-order valence-electron chi connectivity index (χ0n) is 18.0. The van der Waals surface area contributed by atoms with Crippen LogP contribution in [-0.2, 0) is 9.59 Å². The Bertz CT molecular complexity index is 881. The number of carbonyl (C=O) groups excluding carboxylic acids is 2. The van der Waals surface area contributed by atoms with E-state index in [1.807, 2.05) is 0 Å². The molecule has 0 bridgehead atoms. The number of hydrogen-bond donors (Lipinski definition) is 1. The van der Waals surface area contributed by atoms with E-state index in [0.717, 1.165) is 25.7 Å². The van der Waals surface area contributed by atoms with E-state index in [0.29, 0.717) is 22.7 Å². The van der Waals surface area contributed by atoms with Crippen LogP contribution in [0, 0.1) is 0 Å². The van der Waals surface area contributed by atoms with Crippen molar-refractivity contribution in [3.05, 3.63) is 54.1 Å². The van der Waals surface area contributed by atoms with Crippen molar-refractivity contribution in [2.45, 2.75) is 44.2 Å². The molecule has 0 heterocycles. The maximum absolute atomic E-state index is 13.5. The average molecular weight is 445 g/mol. The molecule has 0 saturated heterocycles. The standard InChI is InChI=1S/C24H29ClN2O4/c1-30-20-13-11-17(12-14-20)23(24(29)26-18-7-4-3-5-8-18)27(22(28)16-25)19-9-6-10-21(15-19)31-2/h6,9-15,18,23H,3-5,7-8,16H2,1-2H3,(H,26,29). The number of alkyl halides is 1. The molecule has 1 fully saturated rings. The first-order valence-corrected chi connectivity index (χ1v) is 11.1. The lowest BCUT2D eigenvalue weighted by Gasteiger charge is -2.33. The number of methoxy groups -OCH3 is 2. The molecule has 1 aliphatic carbocycles. The minimum Gasteiger partial charge on any atom is -0.497 e. The lowest BCUT2D eigenvalue weighted by atomic mass is 9.94. The van der Waals surface area contributed by atoms with Crippen LogP contribution in [0.3, 0.4) is 0 Å². The summed E-state index contributed by atoms with van der Waals surface area (Å²) in [5.74, 6) is 0.423. The van der Waals surface area contributed by atoms with Gasteiger partial charge in [-0.15, -0.1) is 11.6 Å². The molecule has 1 atom stereocenters. The molecule has 1 aliphatic rings. The number of ether oxygens (including phenoxy) is 2. The first-order valence-electron chi connectivity index (χ1n) is 10.5. The number of carbonyl (C=O) groups is 2. The summed E-state index contributed by atoms with van der Waals surface area (Å²) in [5, 5.41) is 3.17. The topological polar surface area (TPSA) is 67.9 Å². The molecule has 7 heteroatoms. The van der Waals surface area contributed by atoms with Crippen molar-refractivity contribution in [3.63, 3.8) is 0 Å². The first kappa shape index (κ1) is 22.9. The van der Waals surface area contributed by atoms with Gasteiger partial charge in [-0.2, -0.15) is 0 Å². The van der Waals surface area contributed by atoms with E-state index in [2.05, 4.69) is 5.32 Å². The molecule has 2 amide bonds. The van der Waals surface area contributed by atoms with Gasteiger partial charge in [0.05, 0.1) is 14.2 Å². The second-order valence-electron chi connectivity index (χ2n) is 7.62. The van der Waals surface area contributed by atoms with Crippen LogP contribution in [0.4, 0.5) is 5.69 Å². The van der Waals surface area contributed by atoms with E-state index < -0.39 is 6.04 Å². The van der Waals surface area contributed by atoms with E-state index in [-0.39, 0.29) is 23.7 Å². The van der Waals surface area contributed by atoms with Crippen LogP contribution in [0.15, 0.2) is 48.5 Å². The Kier molecular flexibility index (Phi) is 8.18. The third kappa shape index (κ3) is 5.70. The number of rotatable bonds is 8. The largest absolute Gasteiger partial charge is 0.497 e. The second-order valence-corrected chi connectivity index (χ2v) is 7.89. The number of amides is 2. The van der Waals surface area contributed by atoms with E-state index in [1.54, 1.807) is 62.8 Å². The van der Waals surface area contributed by atoms with E-state index in [1.165, 1.54) is 11.3 Å². The number of halogens is 1. The minimum absolute atomic E-state index is 0.111. The smallest absolute Gasteiger partial charge is 0.248 e. The molecule has 166 valence electrons. The van der Waals surface area contributed by atoms with Gasteiger partial charge in [-0.25, -0.2) is 0 Å². The molecule has 0 aliphatic heterocycles. The van der Waals surface area contributed by atoms with Crippen molar-refractivity contribution in [3.8, 4) is 11.5 Å². The maximum Gasteiger partial charge on any atom is 0.248 e. The Morgan fingerprint density at radius 2 is 1.71 bits per heavy atom. The Labute approximate surface area is 188 Å². The lowest BCUT2D eigenvalue weighted by molar-refractivity contribution is -0.126. The Morgan fingerprint density at radius 3 is 2.32 bits per heavy atom. The predicted molar refractivity (Wildman–Crippen MR) is 122 cm³/mol. The van der Waals surface area contributed by atoms with Crippen molar-refractivity contribution < 1.29 is 19.1 Å². The molecule has 1 N–H and O–H groups in total.